The van der Waals surface area contributed by atoms with Crippen molar-refractivity contribution in [3.05, 3.63) is 0 Å². The summed E-state index contributed by atoms with van der Waals surface area (Å²) in [6.45, 7) is 0.999. The maximum Gasteiger partial charge on any atom is 0.227 e. The van der Waals surface area contributed by atoms with Crippen LogP contribution in [0.15, 0.2) is 0 Å². The molecule has 0 heterocycles. The standard InChI is InChI=1S/C18H30N2O/c1-20(17(21)15-3-2-4-16(15)19)11-18-8-12-5-13(9-18)7-14(6-12)10-18/h12-16H,2-11,19H2,1H3. The summed E-state index contributed by atoms with van der Waals surface area (Å²) in [6, 6.07) is 0.108. The Morgan fingerprint density at radius 1 is 1.10 bits per heavy atom. The van der Waals surface area contributed by atoms with Gasteiger partial charge in [-0.25, -0.2) is 0 Å². The molecule has 3 heteroatoms. The Bertz CT molecular complexity index is 398. The van der Waals surface area contributed by atoms with Gasteiger partial charge in [0.2, 0.25) is 5.91 Å². The van der Waals surface area contributed by atoms with Gasteiger partial charge in [-0.2, -0.15) is 0 Å². The van der Waals surface area contributed by atoms with E-state index in [1.54, 1.807) is 0 Å². The van der Waals surface area contributed by atoms with Gasteiger partial charge in [0.15, 0.2) is 0 Å². The van der Waals surface area contributed by atoms with Crippen LogP contribution in [0.25, 0.3) is 0 Å². The van der Waals surface area contributed by atoms with Gasteiger partial charge in [0.25, 0.3) is 0 Å². The lowest BCUT2D eigenvalue weighted by atomic mass is 9.49. The van der Waals surface area contributed by atoms with Crippen LogP contribution in [0, 0.1) is 29.1 Å². The van der Waals surface area contributed by atoms with Crippen molar-refractivity contribution in [1.82, 2.24) is 4.90 Å². The molecule has 2 unspecified atom stereocenters. The average molecular weight is 290 g/mol. The van der Waals surface area contributed by atoms with Crippen molar-refractivity contribution in [1.29, 1.82) is 0 Å². The Balaban J connectivity index is 1.44. The number of nitrogens with zero attached hydrogens (tertiary/aromatic N) is 1. The Labute approximate surface area is 128 Å². The van der Waals surface area contributed by atoms with Crippen molar-refractivity contribution in [2.75, 3.05) is 13.6 Å². The Hall–Kier alpha value is -0.570. The van der Waals surface area contributed by atoms with Gasteiger partial charge >= 0.3 is 0 Å². The molecule has 5 rings (SSSR count). The van der Waals surface area contributed by atoms with Crippen molar-refractivity contribution in [3.8, 4) is 0 Å². The molecule has 0 aromatic heterocycles. The van der Waals surface area contributed by atoms with E-state index >= 15 is 0 Å². The number of carbonyl (C=O) groups is 1. The molecule has 2 N–H and O–H groups in total. The highest BCUT2D eigenvalue weighted by molar-refractivity contribution is 5.79. The zero-order chi connectivity index (χ0) is 14.6. The minimum absolute atomic E-state index is 0.101. The molecule has 2 atom stereocenters. The summed E-state index contributed by atoms with van der Waals surface area (Å²) in [4.78, 5) is 14.8. The SMILES string of the molecule is CN(CC12CC3CC(CC(C3)C1)C2)C(=O)C1CCCC1N. The molecule has 0 saturated heterocycles. The van der Waals surface area contributed by atoms with Crippen LogP contribution < -0.4 is 5.73 Å². The van der Waals surface area contributed by atoms with E-state index in [0.29, 0.717) is 11.3 Å². The van der Waals surface area contributed by atoms with E-state index in [-0.39, 0.29) is 12.0 Å². The van der Waals surface area contributed by atoms with Crippen LogP contribution in [-0.4, -0.2) is 30.4 Å². The maximum atomic E-state index is 12.7. The van der Waals surface area contributed by atoms with Crippen molar-refractivity contribution in [2.45, 2.75) is 63.8 Å². The first-order valence-electron chi connectivity index (χ1n) is 9.05. The van der Waals surface area contributed by atoms with Crippen molar-refractivity contribution >= 4 is 5.91 Å². The summed E-state index contributed by atoms with van der Waals surface area (Å²) in [5, 5.41) is 0. The van der Waals surface area contributed by atoms with Crippen LogP contribution in [0.4, 0.5) is 0 Å². The number of rotatable bonds is 3. The smallest absolute Gasteiger partial charge is 0.227 e. The highest BCUT2D eigenvalue weighted by Crippen LogP contribution is 2.60. The van der Waals surface area contributed by atoms with E-state index in [4.69, 9.17) is 5.73 Å². The van der Waals surface area contributed by atoms with Crippen LogP contribution in [0.1, 0.15) is 57.8 Å². The minimum Gasteiger partial charge on any atom is -0.345 e. The van der Waals surface area contributed by atoms with Crippen LogP contribution in [0.3, 0.4) is 0 Å². The van der Waals surface area contributed by atoms with Crippen molar-refractivity contribution < 1.29 is 4.79 Å². The highest BCUT2D eigenvalue weighted by Gasteiger charge is 2.51. The molecule has 4 bridgehead atoms. The molecule has 0 aliphatic heterocycles. The second-order valence-electron chi connectivity index (χ2n) is 8.81. The molecule has 21 heavy (non-hydrogen) atoms. The van der Waals surface area contributed by atoms with Gasteiger partial charge in [-0.3, -0.25) is 4.79 Å². The van der Waals surface area contributed by atoms with Gasteiger partial charge in [-0.1, -0.05) is 6.42 Å². The number of nitrogens with two attached hydrogens (primary N) is 1. The lowest BCUT2D eigenvalue weighted by Crippen LogP contribution is -2.52. The van der Waals surface area contributed by atoms with Gasteiger partial charge in [0.05, 0.1) is 5.92 Å². The zero-order valence-corrected chi connectivity index (χ0v) is 13.4. The molecule has 5 fully saturated rings. The fourth-order valence-electron chi connectivity index (χ4n) is 6.64. The predicted octanol–water partition coefficient (Wildman–Crippen LogP) is 2.79. The molecule has 5 saturated carbocycles. The monoisotopic (exact) mass is 290 g/mol. The summed E-state index contributed by atoms with van der Waals surface area (Å²) in [5.74, 6) is 3.33. The average Bonchev–Trinajstić information content (AvgIpc) is 2.81. The van der Waals surface area contributed by atoms with E-state index in [2.05, 4.69) is 4.90 Å². The third-order valence-corrected chi connectivity index (χ3v) is 7.00. The first-order valence-corrected chi connectivity index (χ1v) is 9.05. The Kier molecular flexibility index (Phi) is 3.33. The predicted molar refractivity (Wildman–Crippen MR) is 83.6 cm³/mol. The second-order valence-corrected chi connectivity index (χ2v) is 8.81. The first kappa shape index (κ1) is 14.0. The van der Waals surface area contributed by atoms with Crippen LogP contribution in [0.5, 0.6) is 0 Å². The van der Waals surface area contributed by atoms with Gasteiger partial charge in [-0.05, 0) is 74.5 Å². The van der Waals surface area contributed by atoms with Gasteiger partial charge in [-0.15, -0.1) is 0 Å². The van der Waals surface area contributed by atoms with Crippen LogP contribution in [0.2, 0.25) is 0 Å². The summed E-state index contributed by atoms with van der Waals surface area (Å²) in [7, 11) is 2.03. The summed E-state index contributed by atoms with van der Waals surface area (Å²) in [5.41, 5.74) is 6.59. The molecule has 118 valence electrons. The lowest BCUT2D eigenvalue weighted by Gasteiger charge is -2.57. The summed E-state index contributed by atoms with van der Waals surface area (Å²) in [6.07, 6.45) is 11.7. The van der Waals surface area contributed by atoms with E-state index < -0.39 is 0 Å². The number of carbonyl (C=O) groups excluding carboxylic acids is 1. The first-order chi connectivity index (χ1) is 10.0. The molecular weight excluding hydrogens is 260 g/mol. The van der Waals surface area contributed by atoms with Gasteiger partial charge in [0.1, 0.15) is 0 Å². The third-order valence-electron chi connectivity index (χ3n) is 7.00. The molecule has 5 aliphatic carbocycles. The summed E-state index contributed by atoms with van der Waals surface area (Å²) < 4.78 is 0. The van der Waals surface area contributed by atoms with Crippen molar-refractivity contribution in [3.63, 3.8) is 0 Å². The molecular formula is C18H30N2O. The fourth-order valence-corrected chi connectivity index (χ4v) is 6.64. The number of amides is 1. The van der Waals surface area contributed by atoms with E-state index in [9.17, 15) is 4.79 Å². The quantitative estimate of drug-likeness (QED) is 0.869. The lowest BCUT2D eigenvalue weighted by molar-refractivity contribution is -0.139. The van der Waals surface area contributed by atoms with Gasteiger partial charge in [0, 0.05) is 19.6 Å². The van der Waals surface area contributed by atoms with Gasteiger partial charge < -0.3 is 10.6 Å². The van der Waals surface area contributed by atoms with E-state index in [0.717, 1.165) is 43.6 Å². The molecule has 3 nitrogen and oxygen atoms in total. The fraction of sp³-hybridized carbons (Fsp3) is 0.944. The molecule has 0 spiro atoms. The van der Waals surface area contributed by atoms with E-state index in [1.807, 2.05) is 7.05 Å². The minimum atomic E-state index is 0.101. The second kappa shape index (κ2) is 4.97. The normalized spacial score (nSPS) is 47.8. The van der Waals surface area contributed by atoms with Crippen LogP contribution >= 0.6 is 0 Å². The third kappa shape index (κ3) is 2.42. The molecule has 0 radical (unpaired) electrons. The molecule has 0 aromatic carbocycles. The molecule has 0 aromatic rings. The Morgan fingerprint density at radius 2 is 1.67 bits per heavy atom. The van der Waals surface area contributed by atoms with E-state index in [1.165, 1.54) is 38.5 Å². The number of hydrogen-bond donors (Lipinski definition) is 1. The topological polar surface area (TPSA) is 46.3 Å². The largest absolute Gasteiger partial charge is 0.345 e. The maximum absolute atomic E-state index is 12.7. The zero-order valence-electron chi connectivity index (χ0n) is 13.4. The number of hydrogen-bond acceptors (Lipinski definition) is 2. The molecule has 5 aliphatic rings. The summed E-state index contributed by atoms with van der Waals surface area (Å²) >= 11 is 0. The molecule has 1 amide bonds. The Morgan fingerprint density at radius 3 is 2.14 bits per heavy atom. The van der Waals surface area contributed by atoms with Crippen molar-refractivity contribution in [2.24, 2.45) is 34.8 Å². The van der Waals surface area contributed by atoms with Crippen LogP contribution in [-0.2, 0) is 4.79 Å². The highest BCUT2D eigenvalue weighted by atomic mass is 16.2.